The molecule has 0 aliphatic carbocycles. The number of hydrogen-bond acceptors (Lipinski definition) is 5. The Morgan fingerprint density at radius 3 is 2.51 bits per heavy atom. The van der Waals surface area contributed by atoms with Crippen molar-refractivity contribution in [3.63, 3.8) is 0 Å². The molecule has 4 amide bonds. The maximum atomic E-state index is 14.2. The second-order valence-electron chi connectivity index (χ2n) is 11.6. The van der Waals surface area contributed by atoms with Crippen molar-refractivity contribution in [3.8, 4) is 0 Å². The molecule has 1 aromatic carbocycles. The molecule has 3 aliphatic rings. The van der Waals surface area contributed by atoms with Gasteiger partial charge >= 0.3 is 0 Å². The third kappa shape index (κ3) is 6.86. The maximum Gasteiger partial charge on any atom is 0.250 e. The summed E-state index contributed by atoms with van der Waals surface area (Å²) in [6.45, 7) is 3.56. The average Bonchev–Trinajstić information content (AvgIpc) is 2.96. The summed E-state index contributed by atoms with van der Waals surface area (Å²) in [7, 11) is 0. The van der Waals surface area contributed by atoms with Crippen LogP contribution < -0.4 is 16.2 Å². The quantitative estimate of drug-likeness (QED) is 0.571. The highest BCUT2D eigenvalue weighted by Crippen LogP contribution is 2.36. The van der Waals surface area contributed by atoms with Crippen LogP contribution in [0.4, 0.5) is 0 Å². The summed E-state index contributed by atoms with van der Waals surface area (Å²) >= 11 is 0. The van der Waals surface area contributed by atoms with Gasteiger partial charge in [0.15, 0.2) is 0 Å². The molecule has 3 aliphatic heterocycles. The van der Waals surface area contributed by atoms with Gasteiger partial charge in [0.2, 0.25) is 23.6 Å². The molecule has 0 spiro atoms. The normalized spacial score (nSPS) is 27.1. The molecular weight excluding hydrogens is 522 g/mol. The number of aryl methyl sites for hydroxylation is 1. The SMILES string of the molecule is C[C@H]1NC(=O)CCC[C@H]2[C@@H]3C[C@@H](CN(C(=O)CCn4ccccc4=O)C3)CN2C(=O)[C@H](Cc2ccccc2)NC1=O. The van der Waals surface area contributed by atoms with Crippen molar-refractivity contribution >= 4 is 23.6 Å². The van der Waals surface area contributed by atoms with E-state index >= 15 is 0 Å². The Morgan fingerprint density at radius 1 is 0.951 bits per heavy atom. The first kappa shape index (κ1) is 28.6. The molecule has 0 radical (unpaired) electrons. The summed E-state index contributed by atoms with van der Waals surface area (Å²) in [4.78, 5) is 68.9. The fourth-order valence-electron chi connectivity index (χ4n) is 6.59. The first-order chi connectivity index (χ1) is 19.8. The van der Waals surface area contributed by atoms with E-state index in [0.29, 0.717) is 45.4 Å². The van der Waals surface area contributed by atoms with E-state index in [1.807, 2.05) is 40.1 Å². The van der Waals surface area contributed by atoms with Gasteiger partial charge in [-0.1, -0.05) is 36.4 Å². The lowest BCUT2D eigenvalue weighted by Crippen LogP contribution is -2.64. The van der Waals surface area contributed by atoms with Gasteiger partial charge in [-0.05, 0) is 49.7 Å². The van der Waals surface area contributed by atoms with Crippen molar-refractivity contribution in [1.82, 2.24) is 25.0 Å². The maximum absolute atomic E-state index is 14.2. The standard InChI is InChI=1S/C31H39N5O5/c1-21-30(40)33-25(17-22-8-3-2-4-9-22)31(41)36-19-23-16-24(26(36)10-7-11-27(37)32-21)20-35(18-23)29(39)13-15-34-14-6-5-12-28(34)38/h2-6,8-9,12,14,21,23-26H,7,10-11,13,15-20H2,1H3,(H,32,37)(H,33,40)/t21-,23+,24-,25+,26+/m1/s1. The van der Waals surface area contributed by atoms with E-state index in [4.69, 9.17) is 0 Å². The lowest BCUT2D eigenvalue weighted by molar-refractivity contribution is -0.149. The highest BCUT2D eigenvalue weighted by Gasteiger charge is 2.45. The number of aromatic nitrogens is 1. The van der Waals surface area contributed by atoms with Gasteiger partial charge in [-0.2, -0.15) is 0 Å². The molecule has 1 aromatic heterocycles. The molecule has 2 bridgehead atoms. The summed E-state index contributed by atoms with van der Waals surface area (Å²) in [6, 6.07) is 12.9. The minimum Gasteiger partial charge on any atom is -0.345 e. The van der Waals surface area contributed by atoms with Crippen LogP contribution in [0.1, 0.15) is 44.6 Å². The van der Waals surface area contributed by atoms with Crippen LogP contribution in [0.3, 0.4) is 0 Å². The molecule has 3 fully saturated rings. The number of fused-ring (bicyclic) bond motifs is 4. The number of benzene rings is 1. The Balaban J connectivity index is 1.35. The molecule has 5 rings (SSSR count). The van der Waals surface area contributed by atoms with Crippen molar-refractivity contribution in [2.24, 2.45) is 11.8 Å². The minimum atomic E-state index is -0.757. The fourth-order valence-corrected chi connectivity index (χ4v) is 6.59. The van der Waals surface area contributed by atoms with Crippen molar-refractivity contribution < 1.29 is 19.2 Å². The van der Waals surface area contributed by atoms with E-state index < -0.39 is 12.1 Å². The summed E-state index contributed by atoms with van der Waals surface area (Å²) in [5, 5.41) is 5.69. The lowest BCUT2D eigenvalue weighted by atomic mass is 9.77. The monoisotopic (exact) mass is 561 g/mol. The van der Waals surface area contributed by atoms with Crippen LogP contribution in [0.25, 0.3) is 0 Å². The molecular formula is C31H39N5O5. The molecule has 10 heteroatoms. The summed E-state index contributed by atoms with van der Waals surface area (Å²) in [5.74, 6) is -0.462. The van der Waals surface area contributed by atoms with E-state index in [1.54, 1.807) is 29.8 Å². The fraction of sp³-hybridized carbons (Fsp3) is 0.516. The number of pyridine rings is 1. The van der Waals surface area contributed by atoms with E-state index in [9.17, 15) is 24.0 Å². The molecule has 10 nitrogen and oxygen atoms in total. The van der Waals surface area contributed by atoms with Crippen LogP contribution in [0.15, 0.2) is 59.5 Å². The second kappa shape index (κ2) is 12.7. The van der Waals surface area contributed by atoms with Gasteiger partial charge in [-0.25, -0.2) is 0 Å². The van der Waals surface area contributed by atoms with Gasteiger partial charge in [0.25, 0.3) is 5.56 Å². The zero-order valence-corrected chi connectivity index (χ0v) is 23.5. The van der Waals surface area contributed by atoms with Gasteiger partial charge in [0, 0.05) is 63.7 Å². The Hall–Kier alpha value is -3.95. The molecule has 0 unspecified atom stereocenters. The van der Waals surface area contributed by atoms with Crippen molar-refractivity contribution in [3.05, 3.63) is 70.6 Å². The number of amides is 4. The Labute approximate surface area is 240 Å². The van der Waals surface area contributed by atoms with E-state index in [-0.39, 0.29) is 59.9 Å². The number of carbonyl (C=O) groups is 4. The van der Waals surface area contributed by atoms with E-state index in [2.05, 4.69) is 10.6 Å². The number of rotatable bonds is 5. The summed E-state index contributed by atoms with van der Waals surface area (Å²) in [5.41, 5.74) is 0.812. The zero-order chi connectivity index (χ0) is 28.9. The molecule has 4 heterocycles. The third-order valence-electron chi connectivity index (χ3n) is 8.64. The van der Waals surface area contributed by atoms with Gasteiger partial charge in [0.1, 0.15) is 12.1 Å². The number of nitrogens with zero attached hydrogens (tertiary/aromatic N) is 3. The van der Waals surface area contributed by atoms with Gasteiger partial charge in [-0.3, -0.25) is 24.0 Å². The molecule has 5 atom stereocenters. The second-order valence-corrected chi connectivity index (χ2v) is 11.6. The minimum absolute atomic E-state index is 0.00552. The molecule has 2 N–H and O–H groups in total. The van der Waals surface area contributed by atoms with E-state index in [0.717, 1.165) is 12.0 Å². The van der Waals surface area contributed by atoms with Gasteiger partial charge in [-0.15, -0.1) is 0 Å². The first-order valence-electron chi connectivity index (χ1n) is 14.7. The number of hydrogen-bond donors (Lipinski definition) is 2. The van der Waals surface area contributed by atoms with E-state index in [1.165, 1.54) is 6.07 Å². The highest BCUT2D eigenvalue weighted by molar-refractivity contribution is 5.92. The van der Waals surface area contributed by atoms with Crippen molar-refractivity contribution in [2.45, 2.75) is 70.1 Å². The van der Waals surface area contributed by atoms with Crippen LogP contribution in [-0.2, 0) is 32.1 Å². The molecule has 3 saturated heterocycles. The highest BCUT2D eigenvalue weighted by atomic mass is 16.2. The summed E-state index contributed by atoms with van der Waals surface area (Å²) < 4.78 is 1.54. The number of piperidine rings is 2. The number of carbonyl (C=O) groups excluding carboxylic acids is 4. The Kier molecular flexibility index (Phi) is 8.85. The lowest BCUT2D eigenvalue weighted by Gasteiger charge is -2.51. The van der Waals surface area contributed by atoms with Crippen LogP contribution in [-0.4, -0.2) is 75.8 Å². The van der Waals surface area contributed by atoms with Crippen LogP contribution >= 0.6 is 0 Å². The van der Waals surface area contributed by atoms with Crippen molar-refractivity contribution in [2.75, 3.05) is 19.6 Å². The topological polar surface area (TPSA) is 121 Å². The first-order valence-corrected chi connectivity index (χ1v) is 14.7. The number of likely N-dealkylation sites (tertiary alicyclic amines) is 1. The van der Waals surface area contributed by atoms with Crippen LogP contribution in [0.5, 0.6) is 0 Å². The molecule has 218 valence electrons. The summed E-state index contributed by atoms with van der Waals surface area (Å²) in [6.07, 6.45) is 4.71. The predicted octanol–water partition coefficient (Wildman–Crippen LogP) is 1.33. The van der Waals surface area contributed by atoms with Gasteiger partial charge < -0.3 is 25.0 Å². The predicted molar refractivity (Wildman–Crippen MR) is 153 cm³/mol. The molecule has 0 saturated carbocycles. The smallest absolute Gasteiger partial charge is 0.250 e. The Bertz CT molecular complexity index is 1330. The average molecular weight is 562 g/mol. The third-order valence-corrected chi connectivity index (χ3v) is 8.64. The Morgan fingerprint density at radius 2 is 1.73 bits per heavy atom. The molecule has 2 aromatic rings. The van der Waals surface area contributed by atoms with Crippen LogP contribution in [0.2, 0.25) is 0 Å². The van der Waals surface area contributed by atoms with Crippen LogP contribution in [0, 0.1) is 11.8 Å². The largest absolute Gasteiger partial charge is 0.345 e. The number of nitrogens with one attached hydrogen (secondary N) is 2. The zero-order valence-electron chi connectivity index (χ0n) is 23.5. The van der Waals surface area contributed by atoms with Crippen molar-refractivity contribution in [1.29, 1.82) is 0 Å². The van der Waals surface area contributed by atoms with Gasteiger partial charge in [0.05, 0.1) is 0 Å². The molecule has 41 heavy (non-hydrogen) atoms.